The molecule has 0 saturated carbocycles. The maximum Gasteiger partial charge on any atom is 0.226 e. The lowest BCUT2D eigenvalue weighted by Gasteiger charge is -2.24. The van der Waals surface area contributed by atoms with Crippen LogP contribution in [0.1, 0.15) is 42.3 Å². The number of aryl methyl sites for hydroxylation is 1. The first-order chi connectivity index (χ1) is 11.7. The van der Waals surface area contributed by atoms with E-state index < -0.39 is 0 Å². The highest BCUT2D eigenvalue weighted by Crippen LogP contribution is 2.40. The Hall–Kier alpha value is -2.50. The van der Waals surface area contributed by atoms with Crippen LogP contribution in [0.3, 0.4) is 0 Å². The van der Waals surface area contributed by atoms with E-state index in [1.165, 1.54) is 0 Å². The Morgan fingerprint density at radius 2 is 2.04 bits per heavy atom. The summed E-state index contributed by atoms with van der Waals surface area (Å²) in [5, 5.41) is 3.02. The monoisotopic (exact) mass is 327 g/mol. The van der Waals surface area contributed by atoms with Crippen LogP contribution in [0.5, 0.6) is 11.5 Å². The van der Waals surface area contributed by atoms with Gasteiger partial charge >= 0.3 is 0 Å². The molecule has 1 atom stereocenters. The number of hydrogen-bond acceptors (Lipinski definition) is 4. The van der Waals surface area contributed by atoms with E-state index in [-0.39, 0.29) is 11.8 Å². The van der Waals surface area contributed by atoms with Crippen LogP contribution in [0, 0.1) is 0 Å². The maximum absolute atomic E-state index is 12.3. The standard InChI is InChI=1S/C18H21N3O3/c1-23-13-7-6-11(9-14(13)24-2)12-10-16(22)20-18-17(12)19-15-5-3-4-8-21(15)18/h6-7,9,12H,3-5,8,10H2,1-2H3,(H,20,22)/t12-/m0/s1. The van der Waals surface area contributed by atoms with Crippen LogP contribution in [-0.4, -0.2) is 29.7 Å². The van der Waals surface area contributed by atoms with E-state index >= 15 is 0 Å². The topological polar surface area (TPSA) is 65.4 Å². The number of nitrogens with zero attached hydrogens (tertiary/aromatic N) is 2. The summed E-state index contributed by atoms with van der Waals surface area (Å²) >= 11 is 0. The minimum Gasteiger partial charge on any atom is -0.493 e. The number of amides is 1. The molecule has 1 aromatic carbocycles. The third-order valence-electron chi connectivity index (χ3n) is 4.89. The highest BCUT2D eigenvalue weighted by Gasteiger charge is 2.33. The molecule has 6 heteroatoms. The van der Waals surface area contributed by atoms with Crippen LogP contribution in [0.25, 0.3) is 0 Å². The van der Waals surface area contributed by atoms with E-state index in [2.05, 4.69) is 9.88 Å². The zero-order chi connectivity index (χ0) is 16.7. The minimum atomic E-state index is -0.0494. The number of carbonyl (C=O) groups is 1. The lowest BCUT2D eigenvalue weighted by atomic mass is 9.89. The van der Waals surface area contributed by atoms with Crippen molar-refractivity contribution in [1.82, 2.24) is 9.55 Å². The number of benzene rings is 1. The summed E-state index contributed by atoms with van der Waals surface area (Å²) in [6, 6.07) is 5.83. The molecule has 0 radical (unpaired) electrons. The smallest absolute Gasteiger partial charge is 0.226 e. The molecule has 2 aromatic rings. The molecule has 0 unspecified atom stereocenters. The number of hydrogen-bond donors (Lipinski definition) is 1. The lowest BCUT2D eigenvalue weighted by molar-refractivity contribution is -0.116. The average Bonchev–Trinajstić information content (AvgIpc) is 2.99. The van der Waals surface area contributed by atoms with Crippen LogP contribution in [0.4, 0.5) is 5.82 Å². The summed E-state index contributed by atoms with van der Waals surface area (Å²) < 4.78 is 12.9. The van der Waals surface area contributed by atoms with Crippen LogP contribution in [-0.2, 0) is 17.8 Å². The molecule has 2 aliphatic rings. The Morgan fingerprint density at radius 3 is 2.83 bits per heavy atom. The number of ether oxygens (including phenoxy) is 2. The van der Waals surface area contributed by atoms with Gasteiger partial charge in [0.25, 0.3) is 0 Å². The van der Waals surface area contributed by atoms with Gasteiger partial charge < -0.3 is 19.4 Å². The normalized spacial score (nSPS) is 19.2. The van der Waals surface area contributed by atoms with Crippen molar-refractivity contribution in [3.63, 3.8) is 0 Å². The maximum atomic E-state index is 12.3. The van der Waals surface area contributed by atoms with Crippen molar-refractivity contribution in [1.29, 1.82) is 0 Å². The zero-order valence-electron chi connectivity index (χ0n) is 14.0. The largest absolute Gasteiger partial charge is 0.493 e. The number of fused-ring (bicyclic) bond motifs is 3. The molecule has 1 N–H and O–H groups in total. The SMILES string of the molecule is COc1ccc([C@@H]2CC(=O)Nc3c2nc2n3CCCC2)cc1OC. The van der Waals surface area contributed by atoms with E-state index in [0.29, 0.717) is 17.9 Å². The van der Waals surface area contributed by atoms with Crippen molar-refractivity contribution in [3.8, 4) is 11.5 Å². The van der Waals surface area contributed by atoms with Gasteiger partial charge in [0.05, 0.1) is 19.9 Å². The van der Waals surface area contributed by atoms with E-state index in [0.717, 1.165) is 48.7 Å². The number of methoxy groups -OCH3 is 2. The number of anilines is 1. The quantitative estimate of drug-likeness (QED) is 0.941. The Bertz CT molecular complexity index is 797. The number of nitrogens with one attached hydrogen (secondary N) is 1. The summed E-state index contributed by atoms with van der Waals surface area (Å²) in [5.41, 5.74) is 2.00. The van der Waals surface area contributed by atoms with Gasteiger partial charge in [0.2, 0.25) is 5.91 Å². The van der Waals surface area contributed by atoms with E-state index in [4.69, 9.17) is 14.5 Å². The fourth-order valence-electron chi connectivity index (χ4n) is 3.69. The predicted molar refractivity (Wildman–Crippen MR) is 89.8 cm³/mol. The fourth-order valence-corrected chi connectivity index (χ4v) is 3.69. The summed E-state index contributed by atoms with van der Waals surface area (Å²) in [6.07, 6.45) is 3.66. The molecule has 6 nitrogen and oxygen atoms in total. The molecule has 3 heterocycles. The molecule has 126 valence electrons. The first-order valence-corrected chi connectivity index (χ1v) is 8.32. The average molecular weight is 327 g/mol. The van der Waals surface area contributed by atoms with Gasteiger partial charge in [-0.2, -0.15) is 0 Å². The van der Waals surface area contributed by atoms with E-state index in [1.807, 2.05) is 18.2 Å². The third-order valence-corrected chi connectivity index (χ3v) is 4.89. The Labute approximate surface area is 140 Å². The first kappa shape index (κ1) is 15.1. The van der Waals surface area contributed by atoms with Gasteiger partial charge in [-0.05, 0) is 30.5 Å². The van der Waals surface area contributed by atoms with Crippen molar-refractivity contribution in [2.45, 2.75) is 38.1 Å². The van der Waals surface area contributed by atoms with Gasteiger partial charge in [-0.15, -0.1) is 0 Å². The molecule has 4 rings (SSSR count). The molecule has 0 aliphatic carbocycles. The number of imidazole rings is 1. The minimum absolute atomic E-state index is 0.0376. The van der Waals surface area contributed by atoms with Gasteiger partial charge in [0, 0.05) is 25.3 Å². The van der Waals surface area contributed by atoms with Crippen molar-refractivity contribution in [3.05, 3.63) is 35.3 Å². The molecule has 0 saturated heterocycles. The molecule has 1 amide bonds. The number of carbonyl (C=O) groups excluding carboxylic acids is 1. The number of rotatable bonds is 3. The van der Waals surface area contributed by atoms with E-state index in [1.54, 1.807) is 14.2 Å². The molecular weight excluding hydrogens is 306 g/mol. The van der Waals surface area contributed by atoms with Gasteiger partial charge in [0.1, 0.15) is 11.6 Å². The van der Waals surface area contributed by atoms with Crippen LogP contribution >= 0.6 is 0 Å². The zero-order valence-corrected chi connectivity index (χ0v) is 14.0. The van der Waals surface area contributed by atoms with Gasteiger partial charge in [-0.25, -0.2) is 4.98 Å². The molecule has 1 aromatic heterocycles. The summed E-state index contributed by atoms with van der Waals surface area (Å²) in [7, 11) is 3.24. The van der Waals surface area contributed by atoms with E-state index in [9.17, 15) is 4.79 Å². The lowest BCUT2D eigenvalue weighted by Crippen LogP contribution is -2.25. The molecule has 2 aliphatic heterocycles. The Balaban J connectivity index is 1.80. The Morgan fingerprint density at radius 1 is 1.21 bits per heavy atom. The second-order valence-corrected chi connectivity index (χ2v) is 6.29. The predicted octanol–water partition coefficient (Wildman–Crippen LogP) is 2.71. The van der Waals surface area contributed by atoms with Crippen LogP contribution in [0.2, 0.25) is 0 Å². The fraction of sp³-hybridized carbons (Fsp3) is 0.444. The van der Waals surface area contributed by atoms with Gasteiger partial charge in [-0.3, -0.25) is 4.79 Å². The molecule has 0 spiro atoms. The molecule has 0 fully saturated rings. The van der Waals surface area contributed by atoms with Crippen LogP contribution < -0.4 is 14.8 Å². The highest BCUT2D eigenvalue weighted by molar-refractivity contribution is 5.94. The second-order valence-electron chi connectivity index (χ2n) is 6.29. The second kappa shape index (κ2) is 5.85. The highest BCUT2D eigenvalue weighted by atomic mass is 16.5. The van der Waals surface area contributed by atoms with Crippen molar-refractivity contribution in [2.75, 3.05) is 19.5 Å². The van der Waals surface area contributed by atoms with Crippen molar-refractivity contribution < 1.29 is 14.3 Å². The van der Waals surface area contributed by atoms with Crippen LogP contribution in [0.15, 0.2) is 18.2 Å². The van der Waals surface area contributed by atoms with Crippen molar-refractivity contribution in [2.24, 2.45) is 0 Å². The van der Waals surface area contributed by atoms with Gasteiger partial charge in [0.15, 0.2) is 11.5 Å². The number of aromatic nitrogens is 2. The Kier molecular flexibility index (Phi) is 3.67. The first-order valence-electron chi connectivity index (χ1n) is 8.32. The molecular formula is C18H21N3O3. The molecule has 0 bridgehead atoms. The molecule has 24 heavy (non-hydrogen) atoms. The van der Waals surface area contributed by atoms with Crippen molar-refractivity contribution >= 4 is 11.7 Å². The van der Waals surface area contributed by atoms with Gasteiger partial charge in [-0.1, -0.05) is 6.07 Å². The summed E-state index contributed by atoms with van der Waals surface area (Å²) in [5.74, 6) is 3.30. The summed E-state index contributed by atoms with van der Waals surface area (Å²) in [6.45, 7) is 0.927. The summed E-state index contributed by atoms with van der Waals surface area (Å²) in [4.78, 5) is 17.1. The third kappa shape index (κ3) is 2.33.